The van der Waals surface area contributed by atoms with E-state index in [0.717, 1.165) is 46.5 Å². The number of rotatable bonds is 7. The van der Waals surface area contributed by atoms with E-state index in [4.69, 9.17) is 30.4 Å². The van der Waals surface area contributed by atoms with Crippen molar-refractivity contribution in [3.8, 4) is 11.5 Å². The number of ether oxygens (including phenoxy) is 1. The lowest BCUT2D eigenvalue weighted by Gasteiger charge is -2.37. The molecular weight excluding hydrogens is 533 g/mol. The van der Waals surface area contributed by atoms with Crippen molar-refractivity contribution in [1.29, 1.82) is 0 Å². The summed E-state index contributed by atoms with van der Waals surface area (Å²) in [7, 11) is -3.21. The number of aryl methyl sites for hydroxylation is 1. The molecule has 0 amide bonds. The predicted molar refractivity (Wildman–Crippen MR) is 156 cm³/mol. The van der Waals surface area contributed by atoms with Crippen LogP contribution in [0.25, 0.3) is 0 Å². The molecule has 1 aliphatic heterocycles. The second-order valence-electron chi connectivity index (χ2n) is 10.8. The zero-order valence-corrected chi connectivity index (χ0v) is 24.6. The van der Waals surface area contributed by atoms with Gasteiger partial charge in [-0.15, -0.1) is 0 Å². The molecule has 1 radical (unpaired) electrons. The van der Waals surface area contributed by atoms with Crippen LogP contribution in [0.15, 0.2) is 42.5 Å². The van der Waals surface area contributed by atoms with Gasteiger partial charge in [0, 0.05) is 29.5 Å². The molecule has 2 aliphatic rings. The third-order valence-electron chi connectivity index (χ3n) is 8.09. The highest BCUT2D eigenvalue weighted by molar-refractivity contribution is 7.60. The van der Waals surface area contributed by atoms with Gasteiger partial charge in [-0.25, -0.2) is 0 Å². The molecule has 2 N–H and O–H groups in total. The second kappa shape index (κ2) is 12.1. The molecule has 8 heteroatoms. The summed E-state index contributed by atoms with van der Waals surface area (Å²) in [6, 6.07) is 13.2. The lowest BCUT2D eigenvalue weighted by molar-refractivity contribution is 0.0518. The van der Waals surface area contributed by atoms with Gasteiger partial charge in [0.05, 0.1) is 18.4 Å². The Hall–Kier alpha value is -2.21. The van der Waals surface area contributed by atoms with Gasteiger partial charge in [0.2, 0.25) is 0 Å². The summed E-state index contributed by atoms with van der Waals surface area (Å²) < 4.78 is 17.9. The average Bonchev–Trinajstić information content (AvgIpc) is 2.94. The summed E-state index contributed by atoms with van der Waals surface area (Å²) in [5.74, 6) is 1.36. The molecule has 6 nitrogen and oxygen atoms in total. The minimum atomic E-state index is -3.21. The highest BCUT2D eigenvalue weighted by Gasteiger charge is 2.37. The van der Waals surface area contributed by atoms with Gasteiger partial charge in [0.1, 0.15) is 11.5 Å². The standard InChI is InChI=1S/C31H38ClNO5P/c1-20-16-30(36-19-39(35)37-15-14-29(38-39)24-10-7-11-25(32)17-24)22(3)21(2)27(20)18-26-12-13-28(34)31(33-26)23-8-5-4-6-9-23/h7,10-13,16-17,23,29,34-35H,4-6,8-9,14-15,18-19H2,1-3H3. The van der Waals surface area contributed by atoms with E-state index in [2.05, 4.69) is 13.8 Å². The van der Waals surface area contributed by atoms with E-state index in [-0.39, 0.29) is 12.5 Å². The third-order valence-corrected chi connectivity index (χ3v) is 9.95. The molecule has 2 heterocycles. The van der Waals surface area contributed by atoms with Crippen molar-refractivity contribution in [2.24, 2.45) is 0 Å². The molecule has 1 saturated carbocycles. The zero-order valence-electron chi connectivity index (χ0n) is 23.0. The van der Waals surface area contributed by atoms with Crippen LogP contribution in [0.4, 0.5) is 0 Å². The molecule has 2 aromatic carbocycles. The van der Waals surface area contributed by atoms with Crippen molar-refractivity contribution in [3.63, 3.8) is 0 Å². The molecule has 2 unspecified atom stereocenters. The van der Waals surface area contributed by atoms with Crippen molar-refractivity contribution >= 4 is 19.5 Å². The van der Waals surface area contributed by atoms with Crippen LogP contribution < -0.4 is 4.74 Å². The Balaban J connectivity index is 1.30. The third kappa shape index (κ3) is 6.58. The van der Waals surface area contributed by atoms with Crippen LogP contribution in [0.5, 0.6) is 11.5 Å². The first kappa shape index (κ1) is 28.3. The van der Waals surface area contributed by atoms with E-state index < -0.39 is 7.94 Å². The molecule has 2 fully saturated rings. The number of hydrogen-bond donors (Lipinski definition) is 2. The summed E-state index contributed by atoms with van der Waals surface area (Å²) in [5.41, 5.74) is 7.17. The van der Waals surface area contributed by atoms with Crippen LogP contribution in [0.1, 0.15) is 89.8 Å². The molecule has 5 rings (SSSR count). The SMILES string of the molecule is Cc1cc(OC[P]2(O)OCCC(c3cccc(Cl)c3)O2)c(C)c(C)c1Cc1ccc(O)c(C2CCCCC2)n1. The summed E-state index contributed by atoms with van der Waals surface area (Å²) in [6.07, 6.45) is 6.84. The van der Waals surface area contributed by atoms with Gasteiger partial charge in [-0.2, -0.15) is 0 Å². The van der Waals surface area contributed by atoms with Gasteiger partial charge >= 0.3 is 0 Å². The Morgan fingerprint density at radius 3 is 2.59 bits per heavy atom. The van der Waals surface area contributed by atoms with E-state index >= 15 is 0 Å². The number of pyridine rings is 1. The number of benzene rings is 2. The topological polar surface area (TPSA) is 81.0 Å². The molecule has 209 valence electrons. The van der Waals surface area contributed by atoms with E-state index in [9.17, 15) is 10.00 Å². The van der Waals surface area contributed by atoms with Gasteiger partial charge in [0.25, 0.3) is 7.94 Å². The molecule has 1 aliphatic carbocycles. The maximum absolute atomic E-state index is 11.1. The summed E-state index contributed by atoms with van der Waals surface area (Å²) in [6.45, 7) is 6.60. The van der Waals surface area contributed by atoms with E-state index in [1.54, 1.807) is 6.07 Å². The molecular formula is C31H38ClNO5P. The highest BCUT2D eigenvalue weighted by atomic mass is 35.5. The largest absolute Gasteiger partial charge is 0.506 e. The number of halogens is 1. The molecule has 2 atom stereocenters. The lowest BCUT2D eigenvalue weighted by Crippen LogP contribution is -2.21. The second-order valence-corrected chi connectivity index (χ2v) is 13.3. The Kier molecular flexibility index (Phi) is 8.80. The minimum absolute atomic E-state index is 0.0482. The van der Waals surface area contributed by atoms with Gasteiger partial charge < -0.3 is 23.8 Å². The fraction of sp³-hybridized carbons (Fsp3) is 0.452. The van der Waals surface area contributed by atoms with E-state index in [1.165, 1.54) is 24.8 Å². The Bertz CT molecular complexity index is 1330. The number of aromatic nitrogens is 1. The van der Waals surface area contributed by atoms with Crippen molar-refractivity contribution in [1.82, 2.24) is 4.98 Å². The van der Waals surface area contributed by atoms with Crippen LogP contribution in [-0.2, 0) is 15.5 Å². The van der Waals surface area contributed by atoms with Crippen molar-refractivity contribution in [3.05, 3.63) is 86.7 Å². The van der Waals surface area contributed by atoms with Gasteiger partial charge in [-0.3, -0.25) is 4.98 Å². The maximum Gasteiger partial charge on any atom is 0.269 e. The number of aromatic hydroxyl groups is 1. The zero-order chi connectivity index (χ0) is 27.6. The van der Waals surface area contributed by atoms with Crippen molar-refractivity contribution < 1.29 is 23.8 Å². The van der Waals surface area contributed by atoms with Gasteiger partial charge in [-0.05, 0) is 91.8 Å². The first-order chi connectivity index (χ1) is 18.7. The van der Waals surface area contributed by atoms with Gasteiger partial charge in [0.15, 0.2) is 6.35 Å². The van der Waals surface area contributed by atoms with E-state index in [1.807, 2.05) is 43.3 Å². The highest BCUT2D eigenvalue weighted by Crippen LogP contribution is 2.63. The number of hydrogen-bond acceptors (Lipinski definition) is 6. The quantitative estimate of drug-likeness (QED) is 0.278. The average molecular weight is 571 g/mol. The van der Waals surface area contributed by atoms with Crippen molar-refractivity contribution in [2.45, 2.75) is 77.7 Å². The summed E-state index contributed by atoms with van der Waals surface area (Å²) >= 11 is 6.16. The van der Waals surface area contributed by atoms with Crippen LogP contribution in [0, 0.1) is 20.8 Å². The monoisotopic (exact) mass is 570 g/mol. The fourth-order valence-corrected chi connectivity index (χ4v) is 7.44. The lowest BCUT2D eigenvalue weighted by atomic mass is 9.86. The number of nitrogens with zero attached hydrogens (tertiary/aromatic N) is 1. The van der Waals surface area contributed by atoms with E-state index in [0.29, 0.717) is 41.9 Å². The molecule has 0 bridgehead atoms. The van der Waals surface area contributed by atoms with Crippen LogP contribution in [0.2, 0.25) is 5.02 Å². The summed E-state index contributed by atoms with van der Waals surface area (Å²) in [4.78, 5) is 16.1. The van der Waals surface area contributed by atoms with Crippen LogP contribution >= 0.6 is 19.5 Å². The Morgan fingerprint density at radius 2 is 1.82 bits per heavy atom. The maximum atomic E-state index is 11.1. The normalized spacial score (nSPS) is 22.1. The molecule has 0 spiro atoms. The Labute approximate surface area is 236 Å². The fourth-order valence-electron chi connectivity index (χ4n) is 5.72. The first-order valence-corrected chi connectivity index (χ1v) is 16.0. The van der Waals surface area contributed by atoms with Crippen LogP contribution in [0.3, 0.4) is 0 Å². The van der Waals surface area contributed by atoms with Crippen LogP contribution in [-0.4, -0.2) is 27.9 Å². The summed E-state index contributed by atoms with van der Waals surface area (Å²) in [5, 5.41) is 11.1. The first-order valence-electron chi connectivity index (χ1n) is 13.8. The van der Waals surface area contributed by atoms with Crippen molar-refractivity contribution in [2.75, 3.05) is 13.0 Å². The van der Waals surface area contributed by atoms with Gasteiger partial charge in [-0.1, -0.05) is 43.0 Å². The molecule has 39 heavy (non-hydrogen) atoms. The molecule has 1 saturated heterocycles. The molecule has 1 aromatic heterocycles. The predicted octanol–water partition coefficient (Wildman–Crippen LogP) is 8.27. The minimum Gasteiger partial charge on any atom is -0.506 e. The molecule has 3 aromatic rings. The smallest absolute Gasteiger partial charge is 0.269 e. The Morgan fingerprint density at radius 1 is 1.03 bits per heavy atom.